The first-order valence-electron chi connectivity index (χ1n) is 9.20. The van der Waals surface area contributed by atoms with Crippen LogP contribution >= 0.6 is 0 Å². The number of rotatable bonds is 3. The molecule has 1 aliphatic heterocycles. The summed E-state index contributed by atoms with van der Waals surface area (Å²) in [4.78, 5) is 15.0. The van der Waals surface area contributed by atoms with E-state index in [-0.39, 0.29) is 5.41 Å². The fraction of sp³-hybridized carbons (Fsp3) is 0.944. The molecule has 1 heterocycles. The Morgan fingerprint density at radius 1 is 1.00 bits per heavy atom. The number of hydrogen-bond donors (Lipinski definition) is 1. The zero-order chi connectivity index (χ0) is 14.7. The van der Waals surface area contributed by atoms with E-state index in [1.54, 1.807) is 0 Å². The predicted octanol–water partition coefficient (Wildman–Crippen LogP) is 3.32. The second-order valence-corrected chi connectivity index (χ2v) is 7.87. The van der Waals surface area contributed by atoms with E-state index in [2.05, 4.69) is 4.90 Å². The van der Waals surface area contributed by atoms with Crippen molar-refractivity contribution in [3.63, 3.8) is 0 Å². The minimum atomic E-state index is 0.124. The maximum atomic E-state index is 12.8. The Bertz CT molecular complexity index is 362. The van der Waals surface area contributed by atoms with Crippen LogP contribution in [0.15, 0.2) is 0 Å². The van der Waals surface area contributed by atoms with Crippen molar-refractivity contribution in [1.29, 1.82) is 0 Å². The SMILES string of the molecule is NCC1(CC(=O)N2CCC3CCCCC3C2)CCCCC1. The summed E-state index contributed by atoms with van der Waals surface area (Å²) in [6, 6.07) is 0. The Hall–Kier alpha value is -0.570. The second-order valence-electron chi connectivity index (χ2n) is 7.87. The molecule has 3 rings (SSSR count). The van der Waals surface area contributed by atoms with E-state index in [9.17, 15) is 4.79 Å². The quantitative estimate of drug-likeness (QED) is 0.867. The number of carbonyl (C=O) groups excluding carboxylic acids is 1. The van der Waals surface area contributed by atoms with Gasteiger partial charge < -0.3 is 10.6 Å². The summed E-state index contributed by atoms with van der Waals surface area (Å²) in [6.07, 6.45) is 13.6. The molecule has 0 bridgehead atoms. The number of amides is 1. The first kappa shape index (κ1) is 15.3. The molecule has 0 radical (unpaired) electrons. The predicted molar refractivity (Wildman–Crippen MR) is 85.8 cm³/mol. The van der Waals surface area contributed by atoms with E-state index < -0.39 is 0 Å². The second kappa shape index (κ2) is 6.68. The highest BCUT2D eigenvalue weighted by atomic mass is 16.2. The van der Waals surface area contributed by atoms with Crippen LogP contribution in [-0.2, 0) is 4.79 Å². The number of nitrogens with two attached hydrogens (primary N) is 1. The van der Waals surface area contributed by atoms with Crippen LogP contribution in [0, 0.1) is 17.3 Å². The highest BCUT2D eigenvalue weighted by Crippen LogP contribution is 2.40. The van der Waals surface area contributed by atoms with Crippen molar-refractivity contribution in [3.05, 3.63) is 0 Å². The Morgan fingerprint density at radius 3 is 2.43 bits per heavy atom. The Morgan fingerprint density at radius 2 is 1.71 bits per heavy atom. The van der Waals surface area contributed by atoms with Crippen LogP contribution in [0.2, 0.25) is 0 Å². The standard InChI is InChI=1S/C18H32N2O/c19-14-18(9-4-1-5-10-18)12-17(21)20-11-8-15-6-2-3-7-16(15)13-20/h15-16H,1-14,19H2. The molecule has 2 atom stereocenters. The summed E-state index contributed by atoms with van der Waals surface area (Å²) in [5, 5.41) is 0. The Labute approximate surface area is 129 Å². The lowest BCUT2D eigenvalue weighted by molar-refractivity contribution is -0.137. The van der Waals surface area contributed by atoms with Crippen LogP contribution in [0.25, 0.3) is 0 Å². The van der Waals surface area contributed by atoms with Gasteiger partial charge in [0, 0.05) is 19.5 Å². The summed E-state index contributed by atoms with van der Waals surface area (Å²) >= 11 is 0. The molecule has 3 aliphatic rings. The van der Waals surface area contributed by atoms with Gasteiger partial charge in [-0.25, -0.2) is 0 Å². The van der Waals surface area contributed by atoms with Gasteiger partial charge in [0.2, 0.25) is 5.91 Å². The minimum Gasteiger partial charge on any atom is -0.342 e. The third-order valence-electron chi connectivity index (χ3n) is 6.52. The van der Waals surface area contributed by atoms with Gasteiger partial charge in [0.25, 0.3) is 0 Å². The van der Waals surface area contributed by atoms with Crippen LogP contribution in [-0.4, -0.2) is 30.4 Å². The van der Waals surface area contributed by atoms with Crippen molar-refractivity contribution in [2.75, 3.05) is 19.6 Å². The van der Waals surface area contributed by atoms with Crippen molar-refractivity contribution >= 4 is 5.91 Å². The van der Waals surface area contributed by atoms with Crippen LogP contribution < -0.4 is 5.73 Å². The third-order valence-corrected chi connectivity index (χ3v) is 6.52. The van der Waals surface area contributed by atoms with Gasteiger partial charge in [-0.3, -0.25) is 4.79 Å². The van der Waals surface area contributed by atoms with Crippen LogP contribution in [0.3, 0.4) is 0 Å². The smallest absolute Gasteiger partial charge is 0.223 e. The molecule has 21 heavy (non-hydrogen) atoms. The highest BCUT2D eigenvalue weighted by molar-refractivity contribution is 5.77. The van der Waals surface area contributed by atoms with Gasteiger partial charge in [0.05, 0.1) is 0 Å². The molecule has 2 saturated carbocycles. The largest absolute Gasteiger partial charge is 0.342 e. The lowest BCUT2D eigenvalue weighted by Crippen LogP contribution is -2.47. The van der Waals surface area contributed by atoms with E-state index in [1.165, 1.54) is 51.4 Å². The van der Waals surface area contributed by atoms with Gasteiger partial charge in [-0.15, -0.1) is 0 Å². The fourth-order valence-corrected chi connectivity index (χ4v) is 5.01. The maximum absolute atomic E-state index is 12.8. The lowest BCUT2D eigenvalue weighted by Gasteiger charge is -2.43. The number of carbonyl (C=O) groups is 1. The first-order valence-corrected chi connectivity index (χ1v) is 9.20. The van der Waals surface area contributed by atoms with Crippen molar-refractivity contribution in [2.24, 2.45) is 23.0 Å². The summed E-state index contributed by atoms with van der Waals surface area (Å²) in [7, 11) is 0. The summed E-state index contributed by atoms with van der Waals surface area (Å²) < 4.78 is 0. The van der Waals surface area contributed by atoms with Crippen LogP contribution in [0.5, 0.6) is 0 Å². The summed E-state index contributed by atoms with van der Waals surface area (Å²) in [5.41, 5.74) is 6.18. The molecule has 3 nitrogen and oxygen atoms in total. The Kier molecular flexibility index (Phi) is 4.88. The van der Waals surface area contributed by atoms with E-state index in [0.717, 1.165) is 37.8 Å². The van der Waals surface area contributed by atoms with Gasteiger partial charge in [0.1, 0.15) is 0 Å². The normalized spacial score (nSPS) is 32.5. The third kappa shape index (κ3) is 3.44. The molecule has 0 spiro atoms. The molecule has 2 aliphatic carbocycles. The number of likely N-dealkylation sites (tertiary alicyclic amines) is 1. The number of hydrogen-bond acceptors (Lipinski definition) is 2. The molecule has 2 N–H and O–H groups in total. The fourth-order valence-electron chi connectivity index (χ4n) is 5.01. The van der Waals surface area contributed by atoms with Crippen molar-refractivity contribution in [3.8, 4) is 0 Å². The molecule has 120 valence electrons. The van der Waals surface area contributed by atoms with Gasteiger partial charge in [-0.05, 0) is 49.5 Å². The number of nitrogens with zero attached hydrogens (tertiary/aromatic N) is 1. The molecule has 0 aromatic rings. The molecule has 2 unspecified atom stereocenters. The van der Waals surface area contributed by atoms with Crippen molar-refractivity contribution in [2.45, 2.75) is 70.6 Å². The van der Waals surface area contributed by atoms with Gasteiger partial charge in [-0.2, -0.15) is 0 Å². The lowest BCUT2D eigenvalue weighted by atomic mass is 9.71. The van der Waals surface area contributed by atoms with Crippen LogP contribution in [0.4, 0.5) is 0 Å². The average Bonchev–Trinajstić information content (AvgIpc) is 2.55. The first-order chi connectivity index (χ1) is 10.2. The monoisotopic (exact) mass is 292 g/mol. The molecule has 1 saturated heterocycles. The molecular formula is C18H32N2O. The van der Waals surface area contributed by atoms with Gasteiger partial charge in [-0.1, -0.05) is 38.5 Å². The van der Waals surface area contributed by atoms with E-state index >= 15 is 0 Å². The zero-order valence-corrected chi connectivity index (χ0v) is 13.5. The van der Waals surface area contributed by atoms with Gasteiger partial charge >= 0.3 is 0 Å². The molecule has 0 aromatic heterocycles. The topological polar surface area (TPSA) is 46.3 Å². The zero-order valence-electron chi connectivity index (χ0n) is 13.5. The molecule has 3 heteroatoms. The molecule has 1 amide bonds. The van der Waals surface area contributed by atoms with E-state index in [4.69, 9.17) is 5.73 Å². The Balaban J connectivity index is 1.57. The average molecular weight is 292 g/mol. The van der Waals surface area contributed by atoms with E-state index in [0.29, 0.717) is 18.9 Å². The van der Waals surface area contributed by atoms with E-state index in [1.807, 2.05) is 0 Å². The molecule has 0 aromatic carbocycles. The highest BCUT2D eigenvalue weighted by Gasteiger charge is 2.37. The summed E-state index contributed by atoms with van der Waals surface area (Å²) in [5.74, 6) is 2.09. The number of fused-ring (bicyclic) bond motifs is 1. The van der Waals surface area contributed by atoms with Crippen molar-refractivity contribution < 1.29 is 4.79 Å². The molecule has 3 fully saturated rings. The van der Waals surface area contributed by atoms with Crippen LogP contribution in [0.1, 0.15) is 70.6 Å². The maximum Gasteiger partial charge on any atom is 0.223 e. The van der Waals surface area contributed by atoms with Gasteiger partial charge in [0.15, 0.2) is 0 Å². The molecular weight excluding hydrogens is 260 g/mol. The summed E-state index contributed by atoms with van der Waals surface area (Å²) in [6.45, 7) is 2.73. The number of piperidine rings is 1. The van der Waals surface area contributed by atoms with Crippen molar-refractivity contribution in [1.82, 2.24) is 4.90 Å². The minimum absolute atomic E-state index is 0.124.